The van der Waals surface area contributed by atoms with Crippen molar-refractivity contribution in [3.8, 4) is 11.5 Å². The highest BCUT2D eigenvalue weighted by Gasteiger charge is 2.29. The molecule has 0 saturated heterocycles. The first kappa shape index (κ1) is 36.3. The summed E-state index contributed by atoms with van der Waals surface area (Å²) in [6, 6.07) is 9.41. The van der Waals surface area contributed by atoms with Crippen molar-refractivity contribution in [1.29, 1.82) is 0 Å². The van der Waals surface area contributed by atoms with Crippen molar-refractivity contribution in [3.05, 3.63) is 88.5 Å². The molecule has 2 bridgehead atoms. The van der Waals surface area contributed by atoms with Gasteiger partial charge in [0.25, 0.3) is 11.8 Å². The second kappa shape index (κ2) is 16.4. The molecule has 0 fully saturated rings. The molecule has 0 radical (unpaired) electrons. The number of rotatable bonds is 5. The number of hydrogen-bond donors (Lipinski definition) is 5. The minimum Gasteiger partial charge on any atom is -0.506 e. The van der Waals surface area contributed by atoms with Crippen LogP contribution >= 0.6 is 0 Å². The first-order valence-electron chi connectivity index (χ1n) is 14.8. The van der Waals surface area contributed by atoms with Crippen LogP contribution in [0.5, 0.6) is 11.5 Å². The highest BCUT2D eigenvalue weighted by Crippen LogP contribution is 2.42. The number of aromatic hydroxyl groups is 2. The van der Waals surface area contributed by atoms with Gasteiger partial charge in [0.05, 0.1) is 11.4 Å². The predicted octanol–water partition coefficient (Wildman–Crippen LogP) is 5.24. The van der Waals surface area contributed by atoms with Gasteiger partial charge in [-0.1, -0.05) is 55.0 Å². The number of fused-ring (bicyclic) bond motifs is 2. The Morgan fingerprint density at radius 1 is 1.02 bits per heavy atom. The Morgan fingerprint density at radius 3 is 2.32 bits per heavy atom. The minimum atomic E-state index is -1.03. The summed E-state index contributed by atoms with van der Waals surface area (Å²) in [6.45, 7) is 6.57. The molecule has 0 spiro atoms. The van der Waals surface area contributed by atoms with Crippen molar-refractivity contribution < 1.29 is 43.6 Å². The average Bonchev–Trinajstić information content (AvgIpc) is 3.04. The third kappa shape index (κ3) is 9.41. The van der Waals surface area contributed by atoms with Crippen LogP contribution in [0.1, 0.15) is 50.0 Å². The Bertz CT molecular complexity index is 1630. The zero-order valence-corrected chi connectivity index (χ0v) is 27.2. The number of phenolic OH excluding ortho intramolecular Hbond substituents is 2. The molecule has 3 rings (SSSR count). The molecule has 0 aliphatic carbocycles. The highest BCUT2D eigenvalue weighted by atomic mass is 16.6. The topological polar surface area (TPSA) is 187 Å². The Labute approximate surface area is 273 Å². The van der Waals surface area contributed by atoms with Gasteiger partial charge in [-0.25, -0.2) is 4.79 Å². The lowest BCUT2D eigenvalue weighted by atomic mass is 9.93. The van der Waals surface area contributed by atoms with E-state index in [9.17, 15) is 29.4 Å². The molecule has 2 aromatic carbocycles. The summed E-state index contributed by atoms with van der Waals surface area (Å²) in [7, 11) is 2.79. The lowest BCUT2D eigenvalue weighted by Gasteiger charge is -2.27. The van der Waals surface area contributed by atoms with E-state index in [1.807, 2.05) is 0 Å². The number of phenols is 2. The van der Waals surface area contributed by atoms with Gasteiger partial charge in [-0.2, -0.15) is 0 Å². The summed E-state index contributed by atoms with van der Waals surface area (Å²) in [5.41, 5.74) is 6.50. The van der Waals surface area contributed by atoms with Gasteiger partial charge in [0.1, 0.15) is 29.8 Å². The molecule has 12 nitrogen and oxygen atoms in total. The molecule has 2 aromatic rings. The van der Waals surface area contributed by atoms with Crippen molar-refractivity contribution in [2.75, 3.05) is 24.9 Å². The summed E-state index contributed by atoms with van der Waals surface area (Å²) in [5, 5.41) is 27.7. The van der Waals surface area contributed by atoms with Crippen LogP contribution in [0.4, 0.5) is 16.2 Å². The van der Waals surface area contributed by atoms with E-state index in [2.05, 4.69) is 10.6 Å². The zero-order valence-electron chi connectivity index (χ0n) is 27.2. The monoisotopic (exact) mass is 647 g/mol. The average molecular weight is 648 g/mol. The maximum atomic E-state index is 13.5. The summed E-state index contributed by atoms with van der Waals surface area (Å²) in [5.74, 6) is -2.90. The normalized spacial score (nSPS) is 21.2. The highest BCUT2D eigenvalue weighted by molar-refractivity contribution is 6.09. The Morgan fingerprint density at radius 2 is 1.70 bits per heavy atom. The van der Waals surface area contributed by atoms with Crippen LogP contribution in [0.2, 0.25) is 0 Å². The van der Waals surface area contributed by atoms with Gasteiger partial charge in [0.2, 0.25) is 0 Å². The first-order valence-corrected chi connectivity index (χ1v) is 14.8. The molecule has 47 heavy (non-hydrogen) atoms. The predicted molar refractivity (Wildman–Crippen MR) is 178 cm³/mol. The van der Waals surface area contributed by atoms with Gasteiger partial charge in [0.15, 0.2) is 5.78 Å². The maximum Gasteiger partial charge on any atom is 0.404 e. The van der Waals surface area contributed by atoms with Crippen LogP contribution < -0.4 is 16.4 Å². The smallest absolute Gasteiger partial charge is 0.404 e. The number of primary amides is 1. The van der Waals surface area contributed by atoms with Gasteiger partial charge in [0, 0.05) is 49.3 Å². The number of anilines is 2. The molecule has 1 aliphatic rings. The van der Waals surface area contributed by atoms with Crippen LogP contribution in [0.25, 0.3) is 6.08 Å². The van der Waals surface area contributed by atoms with E-state index in [4.69, 9.17) is 19.9 Å². The van der Waals surface area contributed by atoms with E-state index in [1.54, 1.807) is 63.3 Å². The van der Waals surface area contributed by atoms with Gasteiger partial charge in [-0.3, -0.25) is 14.4 Å². The van der Waals surface area contributed by atoms with Crippen LogP contribution in [0.3, 0.4) is 0 Å². The number of allylic oxidation sites excluding steroid dienone is 2. The molecule has 1 aliphatic heterocycles. The Kier molecular flexibility index (Phi) is 12.6. The van der Waals surface area contributed by atoms with E-state index in [1.165, 1.54) is 39.4 Å². The van der Waals surface area contributed by atoms with Crippen LogP contribution in [-0.2, 0) is 23.8 Å². The molecule has 6 N–H and O–H groups in total. The van der Waals surface area contributed by atoms with Gasteiger partial charge in [-0.15, -0.1) is 0 Å². The number of carbonyl (C=O) groups excluding carboxylic acids is 4. The van der Waals surface area contributed by atoms with Gasteiger partial charge < -0.3 is 40.8 Å². The van der Waals surface area contributed by atoms with E-state index < -0.39 is 53.6 Å². The number of methoxy groups -OCH3 is 2. The van der Waals surface area contributed by atoms with Crippen molar-refractivity contribution in [2.45, 2.75) is 52.4 Å². The minimum absolute atomic E-state index is 0.000840. The van der Waals surface area contributed by atoms with Crippen LogP contribution in [0, 0.1) is 5.92 Å². The number of ether oxygens (including phenoxy) is 3. The summed E-state index contributed by atoms with van der Waals surface area (Å²) in [6.07, 6.45) is 4.04. The lowest BCUT2D eigenvalue weighted by Crippen LogP contribution is -2.38. The standard InChI is InChI=1S/C35H41N3O9/c1-19-15-24-29(38-34(43)23-12-8-7-9-13-23)26(39)18-25(31(24)41)37-33(42)20(2)11-10-14-27(45-5)32(47-35(36)44)22(4)17-21(3)30(40)28(16-19)46-6/h7-15,17-18,22,27-28,32,39,41H,16H2,1-6H3,(H2,36,44)(H,37,42)(H,38,43)/t22?,27-,28-,32-/m0/s1. The van der Waals surface area contributed by atoms with Crippen molar-refractivity contribution in [3.63, 3.8) is 0 Å². The third-order valence-corrected chi connectivity index (χ3v) is 7.59. The molecule has 250 valence electrons. The van der Waals surface area contributed by atoms with E-state index >= 15 is 0 Å². The molecule has 4 atom stereocenters. The second-order valence-corrected chi connectivity index (χ2v) is 11.2. The number of Topliss-reactive ketones (excluding diaryl/α,β-unsaturated/α-hetero) is 1. The Hall–Kier alpha value is -5.20. The number of carbonyl (C=O) groups is 4. The summed E-state index contributed by atoms with van der Waals surface area (Å²) >= 11 is 0. The maximum absolute atomic E-state index is 13.5. The van der Waals surface area contributed by atoms with Crippen molar-refractivity contribution in [2.24, 2.45) is 11.7 Å². The number of nitrogens with two attached hydrogens (primary N) is 1. The van der Waals surface area contributed by atoms with E-state index in [-0.39, 0.29) is 34.7 Å². The number of nitrogens with one attached hydrogen (secondary N) is 2. The largest absolute Gasteiger partial charge is 0.506 e. The Balaban J connectivity index is 2.19. The number of amides is 3. The fraction of sp³-hybridized carbons (Fsp3) is 0.314. The SMILES string of the molecule is CO[C@H]1CC(C)=Cc2c(O)c(cc(O)c2NC(=O)c2ccccc2)NC(=O)C(C)=CC=C[C@H](OC)[C@@H](OC(N)=O)C(C)C=C(C)C1=O. The molecular formula is C35H41N3O9. The number of hydrogen-bond acceptors (Lipinski definition) is 9. The zero-order chi connectivity index (χ0) is 34.8. The fourth-order valence-corrected chi connectivity index (χ4v) is 5.06. The van der Waals surface area contributed by atoms with Crippen LogP contribution in [0.15, 0.2) is 77.4 Å². The number of benzene rings is 2. The summed E-state index contributed by atoms with van der Waals surface area (Å²) < 4.78 is 16.5. The van der Waals surface area contributed by atoms with Gasteiger partial charge in [-0.05, 0) is 44.6 Å². The summed E-state index contributed by atoms with van der Waals surface area (Å²) in [4.78, 5) is 51.5. The van der Waals surface area contributed by atoms with Crippen molar-refractivity contribution >= 4 is 41.1 Å². The van der Waals surface area contributed by atoms with Crippen LogP contribution in [-0.4, -0.2) is 66.4 Å². The third-order valence-electron chi connectivity index (χ3n) is 7.59. The van der Waals surface area contributed by atoms with Crippen molar-refractivity contribution in [1.82, 2.24) is 0 Å². The number of ketones is 1. The molecule has 0 saturated carbocycles. The fourth-order valence-electron chi connectivity index (χ4n) is 5.06. The van der Waals surface area contributed by atoms with Gasteiger partial charge >= 0.3 is 6.09 Å². The first-order chi connectivity index (χ1) is 22.3. The molecule has 12 heteroatoms. The van der Waals surface area contributed by atoms with E-state index in [0.717, 1.165) is 6.07 Å². The second-order valence-electron chi connectivity index (χ2n) is 11.2. The molecule has 1 unspecified atom stereocenters. The van der Waals surface area contributed by atoms with E-state index in [0.29, 0.717) is 16.7 Å². The molecule has 3 amide bonds. The lowest BCUT2D eigenvalue weighted by molar-refractivity contribution is -0.124. The molecule has 1 heterocycles. The molecule has 0 aromatic heterocycles. The molecular weight excluding hydrogens is 606 g/mol. The quantitative estimate of drug-likeness (QED) is 0.214.